The molecule has 0 spiro atoms. The van der Waals surface area contributed by atoms with Crippen molar-refractivity contribution in [3.8, 4) is 0 Å². The van der Waals surface area contributed by atoms with Crippen molar-refractivity contribution in [2.75, 3.05) is 32.7 Å². The first kappa shape index (κ1) is 13.8. The number of hydrogen-bond acceptors (Lipinski definition) is 4. The van der Waals surface area contributed by atoms with Crippen molar-refractivity contribution in [1.82, 2.24) is 15.1 Å². The minimum Gasteiger partial charge on any atom is -0.354 e. The Hall–Kier alpha value is -2.21. The zero-order valence-electron chi connectivity index (χ0n) is 11.7. The molecule has 0 aliphatic carbocycles. The van der Waals surface area contributed by atoms with Crippen LogP contribution in [0.25, 0.3) is 0 Å². The van der Waals surface area contributed by atoms with Crippen LogP contribution < -0.4 is 5.32 Å². The Balaban J connectivity index is 1.56. The summed E-state index contributed by atoms with van der Waals surface area (Å²) in [5.41, 5.74) is 0.972. The van der Waals surface area contributed by atoms with E-state index in [4.69, 9.17) is 0 Å². The third-order valence-electron chi connectivity index (χ3n) is 3.85. The van der Waals surface area contributed by atoms with Crippen LogP contribution in [0.15, 0.2) is 24.3 Å². The number of imide groups is 1. The van der Waals surface area contributed by atoms with Crippen molar-refractivity contribution >= 4 is 17.7 Å². The highest BCUT2D eigenvalue weighted by Gasteiger charge is 2.34. The Kier molecular flexibility index (Phi) is 3.70. The van der Waals surface area contributed by atoms with Crippen molar-refractivity contribution in [3.63, 3.8) is 0 Å². The minimum absolute atomic E-state index is 0.0296. The van der Waals surface area contributed by atoms with E-state index in [2.05, 4.69) is 5.32 Å². The first-order chi connectivity index (χ1) is 10.2. The summed E-state index contributed by atoms with van der Waals surface area (Å²) in [6.07, 6.45) is 0.679. The molecule has 1 saturated heterocycles. The molecular weight excluding hydrogens is 270 g/mol. The third-order valence-corrected chi connectivity index (χ3v) is 3.85. The molecule has 3 amide bonds. The molecule has 2 aliphatic rings. The number of piperazine rings is 1. The number of rotatable bonds is 4. The van der Waals surface area contributed by atoms with Crippen molar-refractivity contribution < 1.29 is 14.4 Å². The van der Waals surface area contributed by atoms with Crippen molar-refractivity contribution in [2.45, 2.75) is 6.42 Å². The zero-order chi connectivity index (χ0) is 14.8. The number of nitrogens with one attached hydrogen (secondary N) is 1. The molecule has 0 radical (unpaired) electrons. The Labute approximate surface area is 122 Å². The van der Waals surface area contributed by atoms with Gasteiger partial charge in [0.15, 0.2) is 0 Å². The van der Waals surface area contributed by atoms with Gasteiger partial charge in [-0.1, -0.05) is 12.1 Å². The second-order valence-corrected chi connectivity index (χ2v) is 5.29. The van der Waals surface area contributed by atoms with E-state index >= 15 is 0 Å². The fraction of sp³-hybridized carbons (Fsp3) is 0.400. The predicted molar refractivity (Wildman–Crippen MR) is 75.9 cm³/mol. The molecule has 0 aromatic heterocycles. The topological polar surface area (TPSA) is 69.7 Å². The summed E-state index contributed by atoms with van der Waals surface area (Å²) < 4.78 is 0. The van der Waals surface area contributed by atoms with Crippen molar-refractivity contribution in [2.24, 2.45) is 0 Å². The fourth-order valence-electron chi connectivity index (χ4n) is 2.78. The lowest BCUT2D eigenvalue weighted by molar-refractivity contribution is -0.124. The predicted octanol–water partition coefficient (Wildman–Crippen LogP) is 0.104. The van der Waals surface area contributed by atoms with Gasteiger partial charge in [0.1, 0.15) is 0 Å². The third kappa shape index (κ3) is 2.67. The molecule has 1 fully saturated rings. The molecule has 1 aromatic rings. The number of carbonyl (C=O) groups excluding carboxylic acids is 3. The number of nitrogens with zero attached hydrogens (tertiary/aromatic N) is 2. The summed E-state index contributed by atoms with van der Waals surface area (Å²) >= 11 is 0. The maximum Gasteiger partial charge on any atom is 0.261 e. The van der Waals surface area contributed by atoms with E-state index in [1.807, 2.05) is 4.90 Å². The summed E-state index contributed by atoms with van der Waals surface area (Å²) in [4.78, 5) is 39.0. The van der Waals surface area contributed by atoms with E-state index in [1.54, 1.807) is 24.3 Å². The Morgan fingerprint density at radius 2 is 1.67 bits per heavy atom. The average Bonchev–Trinajstić information content (AvgIpc) is 2.73. The average molecular weight is 287 g/mol. The van der Waals surface area contributed by atoms with Gasteiger partial charge >= 0.3 is 0 Å². The first-order valence-corrected chi connectivity index (χ1v) is 7.11. The Bertz CT molecular complexity index is 565. The van der Waals surface area contributed by atoms with Crippen molar-refractivity contribution in [1.29, 1.82) is 0 Å². The maximum absolute atomic E-state index is 12.2. The number of fused-ring (bicyclic) bond motifs is 1. The number of hydrogen-bond donors (Lipinski definition) is 1. The number of amides is 3. The molecule has 0 atom stereocenters. The molecule has 6 heteroatoms. The van der Waals surface area contributed by atoms with Gasteiger partial charge in [0.05, 0.1) is 17.7 Å². The van der Waals surface area contributed by atoms with Gasteiger partial charge in [0.2, 0.25) is 5.91 Å². The summed E-state index contributed by atoms with van der Waals surface area (Å²) in [7, 11) is 0. The molecule has 0 saturated carbocycles. The van der Waals surface area contributed by atoms with Gasteiger partial charge in [-0.05, 0) is 18.6 Å². The number of carbonyl (C=O) groups is 3. The van der Waals surface area contributed by atoms with Gasteiger partial charge < -0.3 is 5.32 Å². The zero-order valence-corrected chi connectivity index (χ0v) is 11.7. The molecular formula is C15H17N3O3. The number of benzene rings is 1. The summed E-state index contributed by atoms with van der Waals surface area (Å²) in [6.45, 7) is 2.97. The highest BCUT2D eigenvalue weighted by molar-refractivity contribution is 6.21. The molecule has 3 rings (SSSR count). The van der Waals surface area contributed by atoms with E-state index in [9.17, 15) is 14.4 Å². The molecule has 2 aliphatic heterocycles. The van der Waals surface area contributed by atoms with Gasteiger partial charge in [-0.2, -0.15) is 0 Å². The highest BCUT2D eigenvalue weighted by Crippen LogP contribution is 2.22. The lowest BCUT2D eigenvalue weighted by Gasteiger charge is -2.26. The van der Waals surface area contributed by atoms with Crippen LogP contribution >= 0.6 is 0 Å². The van der Waals surface area contributed by atoms with Gasteiger partial charge in [-0.15, -0.1) is 0 Å². The standard InChI is InChI=1S/C15H17N3O3/c19-13-10-17(9-6-16-13)7-3-8-18-14(20)11-4-1-2-5-12(11)15(18)21/h1-2,4-5H,3,6-10H2,(H,16,19). The minimum atomic E-state index is -0.216. The fourth-order valence-corrected chi connectivity index (χ4v) is 2.78. The monoisotopic (exact) mass is 287 g/mol. The highest BCUT2D eigenvalue weighted by atomic mass is 16.2. The van der Waals surface area contributed by atoms with Crippen LogP contribution in [0.4, 0.5) is 0 Å². The van der Waals surface area contributed by atoms with Crippen LogP contribution in [0.1, 0.15) is 27.1 Å². The van der Waals surface area contributed by atoms with E-state index in [0.29, 0.717) is 43.7 Å². The van der Waals surface area contributed by atoms with Crippen LogP contribution in [0, 0.1) is 0 Å². The Morgan fingerprint density at radius 3 is 2.29 bits per heavy atom. The van der Waals surface area contributed by atoms with Crippen LogP contribution in [-0.4, -0.2) is 60.2 Å². The van der Waals surface area contributed by atoms with Gasteiger partial charge in [0.25, 0.3) is 11.8 Å². The van der Waals surface area contributed by atoms with E-state index in [1.165, 1.54) is 4.90 Å². The van der Waals surface area contributed by atoms with Crippen LogP contribution in [0.3, 0.4) is 0 Å². The van der Waals surface area contributed by atoms with E-state index < -0.39 is 0 Å². The summed E-state index contributed by atoms with van der Waals surface area (Å²) in [6, 6.07) is 6.90. The van der Waals surface area contributed by atoms with Crippen molar-refractivity contribution in [3.05, 3.63) is 35.4 Å². The summed E-state index contributed by atoms with van der Waals surface area (Å²) in [5.74, 6) is -0.402. The maximum atomic E-state index is 12.2. The van der Waals surface area contributed by atoms with E-state index in [-0.39, 0.29) is 17.7 Å². The van der Waals surface area contributed by atoms with Crippen LogP contribution in [-0.2, 0) is 4.79 Å². The van der Waals surface area contributed by atoms with Gasteiger partial charge in [-0.3, -0.25) is 24.2 Å². The lowest BCUT2D eigenvalue weighted by atomic mass is 10.1. The molecule has 2 heterocycles. The largest absolute Gasteiger partial charge is 0.354 e. The second kappa shape index (κ2) is 5.65. The van der Waals surface area contributed by atoms with Crippen LogP contribution in [0.5, 0.6) is 0 Å². The van der Waals surface area contributed by atoms with Crippen LogP contribution in [0.2, 0.25) is 0 Å². The SMILES string of the molecule is O=C1CN(CCCN2C(=O)c3ccccc3C2=O)CCN1. The molecule has 1 aromatic carbocycles. The first-order valence-electron chi connectivity index (χ1n) is 7.11. The molecule has 21 heavy (non-hydrogen) atoms. The molecule has 0 bridgehead atoms. The molecule has 110 valence electrons. The second-order valence-electron chi connectivity index (χ2n) is 5.29. The van der Waals surface area contributed by atoms with E-state index in [0.717, 1.165) is 6.54 Å². The summed E-state index contributed by atoms with van der Waals surface area (Å²) in [5, 5.41) is 2.77. The normalized spacial score (nSPS) is 18.9. The molecule has 1 N–H and O–H groups in total. The Morgan fingerprint density at radius 1 is 1.00 bits per heavy atom. The molecule has 0 unspecified atom stereocenters. The quantitative estimate of drug-likeness (QED) is 0.798. The smallest absolute Gasteiger partial charge is 0.261 e. The van der Waals surface area contributed by atoms with Gasteiger partial charge in [0, 0.05) is 26.2 Å². The molecule has 6 nitrogen and oxygen atoms in total. The van der Waals surface area contributed by atoms with Gasteiger partial charge in [-0.25, -0.2) is 0 Å². The lowest BCUT2D eigenvalue weighted by Crippen LogP contribution is -2.48.